The highest BCUT2D eigenvalue weighted by molar-refractivity contribution is 7.89. The van der Waals surface area contributed by atoms with Crippen molar-refractivity contribution in [2.45, 2.75) is 52.2 Å². The molecular formula is C12H24N2O6S. The van der Waals surface area contributed by atoms with Gasteiger partial charge in [0, 0.05) is 6.54 Å². The summed E-state index contributed by atoms with van der Waals surface area (Å²) in [4.78, 5) is 22.4. The average molecular weight is 324 g/mol. The van der Waals surface area contributed by atoms with Crippen molar-refractivity contribution in [3.8, 4) is 0 Å². The van der Waals surface area contributed by atoms with Crippen LogP contribution in [0.3, 0.4) is 0 Å². The molecule has 9 heteroatoms. The predicted octanol–water partition coefficient (Wildman–Crippen LogP) is 0.684. The molecule has 1 atom stereocenters. The van der Waals surface area contributed by atoms with Crippen LogP contribution in [0.4, 0.5) is 4.79 Å². The van der Waals surface area contributed by atoms with Crippen molar-refractivity contribution in [3.63, 3.8) is 0 Å². The Labute approximate surface area is 125 Å². The van der Waals surface area contributed by atoms with Gasteiger partial charge in [-0.05, 0) is 27.2 Å². The van der Waals surface area contributed by atoms with Crippen LogP contribution in [-0.4, -0.2) is 49.5 Å². The summed E-state index contributed by atoms with van der Waals surface area (Å²) >= 11 is 0. The predicted molar refractivity (Wildman–Crippen MR) is 77.5 cm³/mol. The van der Waals surface area contributed by atoms with Crippen molar-refractivity contribution in [1.82, 2.24) is 10.0 Å². The summed E-state index contributed by atoms with van der Waals surface area (Å²) in [5, 5.41) is 11.2. The van der Waals surface area contributed by atoms with Gasteiger partial charge in [-0.15, -0.1) is 0 Å². The first-order valence-electron chi connectivity index (χ1n) is 6.66. The molecular weight excluding hydrogens is 300 g/mol. The highest BCUT2D eigenvalue weighted by atomic mass is 32.2. The van der Waals surface area contributed by atoms with Gasteiger partial charge in [0.2, 0.25) is 10.0 Å². The summed E-state index contributed by atoms with van der Waals surface area (Å²) in [7, 11) is -3.69. The number of aliphatic carboxylic acids is 1. The first kappa shape index (κ1) is 19.7. The van der Waals surface area contributed by atoms with Gasteiger partial charge in [-0.25, -0.2) is 13.2 Å². The molecule has 21 heavy (non-hydrogen) atoms. The zero-order valence-electron chi connectivity index (χ0n) is 12.8. The summed E-state index contributed by atoms with van der Waals surface area (Å²) in [5.74, 6) is -1.52. The van der Waals surface area contributed by atoms with Crippen LogP contribution in [0.5, 0.6) is 0 Å². The number of hydrogen-bond donors (Lipinski definition) is 3. The normalized spacial score (nSPS) is 13.5. The number of alkyl carbamates (subject to hydrolysis) is 1. The third-order valence-electron chi connectivity index (χ3n) is 2.24. The van der Waals surface area contributed by atoms with E-state index in [1.165, 1.54) is 0 Å². The first-order chi connectivity index (χ1) is 9.47. The third-order valence-corrected chi connectivity index (χ3v) is 3.71. The SMILES string of the molecule is CCCCS(=O)(=O)N[C@@H](CNC(=O)OC(C)(C)C)C(=O)O. The van der Waals surface area contributed by atoms with Crippen LogP contribution in [0.25, 0.3) is 0 Å². The smallest absolute Gasteiger partial charge is 0.407 e. The molecule has 0 aromatic carbocycles. The lowest BCUT2D eigenvalue weighted by Gasteiger charge is -2.21. The second-order valence-electron chi connectivity index (χ2n) is 5.56. The summed E-state index contributed by atoms with van der Waals surface area (Å²) in [6.07, 6.45) is 0.303. The van der Waals surface area contributed by atoms with Crippen molar-refractivity contribution >= 4 is 22.1 Å². The average Bonchev–Trinajstić information content (AvgIpc) is 2.29. The topological polar surface area (TPSA) is 122 Å². The fourth-order valence-electron chi connectivity index (χ4n) is 1.29. The Morgan fingerprint density at radius 1 is 1.29 bits per heavy atom. The Balaban J connectivity index is 4.52. The van der Waals surface area contributed by atoms with Gasteiger partial charge in [0.05, 0.1) is 5.75 Å². The van der Waals surface area contributed by atoms with Gasteiger partial charge >= 0.3 is 12.1 Å². The van der Waals surface area contributed by atoms with E-state index in [1.54, 1.807) is 20.8 Å². The molecule has 0 aliphatic heterocycles. The van der Waals surface area contributed by atoms with Gasteiger partial charge in [-0.3, -0.25) is 4.79 Å². The van der Waals surface area contributed by atoms with E-state index in [-0.39, 0.29) is 5.75 Å². The number of carboxylic acids is 1. The van der Waals surface area contributed by atoms with Gasteiger partial charge in [0.25, 0.3) is 0 Å². The molecule has 0 aliphatic rings. The van der Waals surface area contributed by atoms with E-state index in [0.717, 1.165) is 0 Å². The van der Waals surface area contributed by atoms with Crippen LogP contribution in [0.2, 0.25) is 0 Å². The number of carboxylic acid groups (broad SMARTS) is 1. The monoisotopic (exact) mass is 324 g/mol. The number of carbonyl (C=O) groups excluding carboxylic acids is 1. The molecule has 3 N–H and O–H groups in total. The lowest BCUT2D eigenvalue weighted by Crippen LogP contribution is -2.49. The summed E-state index contributed by atoms with van der Waals surface area (Å²) in [6, 6.07) is -1.43. The molecule has 0 spiro atoms. The highest BCUT2D eigenvalue weighted by Crippen LogP contribution is 2.06. The zero-order valence-corrected chi connectivity index (χ0v) is 13.6. The Morgan fingerprint density at radius 3 is 2.29 bits per heavy atom. The molecule has 0 aliphatic carbocycles. The molecule has 8 nitrogen and oxygen atoms in total. The molecule has 0 unspecified atom stereocenters. The van der Waals surface area contributed by atoms with Gasteiger partial charge in [-0.2, -0.15) is 4.72 Å². The summed E-state index contributed by atoms with van der Waals surface area (Å²) in [6.45, 7) is 6.42. The second kappa shape index (κ2) is 8.18. The molecule has 1 amide bonds. The van der Waals surface area contributed by atoms with E-state index in [0.29, 0.717) is 12.8 Å². The van der Waals surface area contributed by atoms with E-state index in [4.69, 9.17) is 9.84 Å². The van der Waals surface area contributed by atoms with Crippen LogP contribution in [0.15, 0.2) is 0 Å². The molecule has 0 bridgehead atoms. The Kier molecular flexibility index (Phi) is 7.65. The minimum Gasteiger partial charge on any atom is -0.480 e. The molecule has 0 saturated heterocycles. The molecule has 0 aromatic rings. The molecule has 0 fully saturated rings. The largest absolute Gasteiger partial charge is 0.480 e. The number of sulfonamides is 1. The maximum absolute atomic E-state index is 11.7. The number of rotatable bonds is 8. The fraction of sp³-hybridized carbons (Fsp3) is 0.833. The quantitative estimate of drug-likeness (QED) is 0.603. The molecule has 0 heterocycles. The lowest BCUT2D eigenvalue weighted by atomic mass is 10.2. The zero-order chi connectivity index (χ0) is 16.7. The number of carbonyl (C=O) groups is 2. The van der Waals surface area contributed by atoms with Crippen molar-refractivity contribution in [1.29, 1.82) is 0 Å². The molecule has 0 saturated carbocycles. The number of unbranched alkanes of at least 4 members (excludes halogenated alkanes) is 1. The molecule has 124 valence electrons. The Bertz CT molecular complexity index is 455. The maximum atomic E-state index is 11.7. The molecule has 0 rings (SSSR count). The summed E-state index contributed by atoms with van der Waals surface area (Å²) in [5.41, 5.74) is -0.719. The van der Waals surface area contributed by atoms with Gasteiger partial charge in [0.1, 0.15) is 11.6 Å². The van der Waals surface area contributed by atoms with Crippen LogP contribution in [0, 0.1) is 0 Å². The maximum Gasteiger partial charge on any atom is 0.407 e. The van der Waals surface area contributed by atoms with E-state index >= 15 is 0 Å². The Hall–Kier alpha value is -1.35. The minimum atomic E-state index is -3.69. The number of nitrogens with one attached hydrogen (secondary N) is 2. The van der Waals surface area contributed by atoms with Crippen molar-refractivity contribution in [2.75, 3.05) is 12.3 Å². The van der Waals surface area contributed by atoms with Crippen molar-refractivity contribution in [3.05, 3.63) is 0 Å². The Morgan fingerprint density at radius 2 is 1.86 bits per heavy atom. The van der Waals surface area contributed by atoms with Gasteiger partial charge in [-0.1, -0.05) is 13.3 Å². The van der Waals surface area contributed by atoms with Crippen molar-refractivity contribution < 1.29 is 27.9 Å². The number of amides is 1. The number of ether oxygens (including phenoxy) is 1. The highest BCUT2D eigenvalue weighted by Gasteiger charge is 2.25. The van der Waals surface area contributed by atoms with Crippen LogP contribution >= 0.6 is 0 Å². The standard InChI is InChI=1S/C12H24N2O6S/c1-5-6-7-21(18,19)14-9(10(15)16)8-13-11(17)20-12(2,3)4/h9,14H,5-8H2,1-4H3,(H,13,17)(H,15,16)/t9-/m0/s1. The van der Waals surface area contributed by atoms with Crippen LogP contribution in [0.1, 0.15) is 40.5 Å². The van der Waals surface area contributed by atoms with E-state index < -0.39 is 40.3 Å². The fourth-order valence-corrected chi connectivity index (χ4v) is 2.69. The number of hydrogen-bond acceptors (Lipinski definition) is 5. The lowest BCUT2D eigenvalue weighted by molar-refractivity contribution is -0.138. The molecule has 0 radical (unpaired) electrons. The minimum absolute atomic E-state index is 0.153. The van der Waals surface area contributed by atoms with E-state index in [9.17, 15) is 18.0 Å². The van der Waals surface area contributed by atoms with Crippen molar-refractivity contribution in [2.24, 2.45) is 0 Å². The van der Waals surface area contributed by atoms with Gasteiger partial charge in [0.15, 0.2) is 0 Å². The van der Waals surface area contributed by atoms with Crippen LogP contribution < -0.4 is 10.0 Å². The van der Waals surface area contributed by atoms with Gasteiger partial charge < -0.3 is 15.2 Å². The molecule has 0 aromatic heterocycles. The van der Waals surface area contributed by atoms with E-state index in [2.05, 4.69) is 5.32 Å². The first-order valence-corrected chi connectivity index (χ1v) is 8.31. The summed E-state index contributed by atoms with van der Waals surface area (Å²) < 4.78 is 30.3. The third kappa shape index (κ3) is 10.1. The van der Waals surface area contributed by atoms with E-state index in [1.807, 2.05) is 11.6 Å². The second-order valence-corrected chi connectivity index (χ2v) is 7.44. The van der Waals surface area contributed by atoms with Crippen LogP contribution in [-0.2, 0) is 19.6 Å².